The van der Waals surface area contributed by atoms with Gasteiger partial charge in [-0.15, -0.1) is 0 Å². The average molecular weight is 360 g/mol. The van der Waals surface area contributed by atoms with E-state index in [1.165, 1.54) is 0 Å². The standard InChI is InChI=1S/C22H24N4O/c1-2-13-25-14-15-26-19(16-25)20(22(27)23-18-11-7-4-8-12-18)24-21(26)17-9-5-3-6-10-17/h3-12H,2,13-16H2,1H3,(H,23,27). The third kappa shape index (κ3) is 3.64. The molecule has 1 aromatic heterocycles. The monoisotopic (exact) mass is 360 g/mol. The number of aromatic nitrogens is 2. The van der Waals surface area contributed by atoms with Crippen molar-refractivity contribution in [1.82, 2.24) is 14.5 Å². The molecular weight excluding hydrogens is 336 g/mol. The van der Waals surface area contributed by atoms with Crippen LogP contribution < -0.4 is 5.32 Å². The van der Waals surface area contributed by atoms with Gasteiger partial charge in [-0.3, -0.25) is 9.69 Å². The molecule has 0 fully saturated rings. The molecule has 5 nitrogen and oxygen atoms in total. The maximum absolute atomic E-state index is 13.0. The van der Waals surface area contributed by atoms with Crippen LogP contribution >= 0.6 is 0 Å². The number of hydrogen-bond acceptors (Lipinski definition) is 3. The van der Waals surface area contributed by atoms with Gasteiger partial charge in [-0.25, -0.2) is 4.98 Å². The van der Waals surface area contributed by atoms with Crippen molar-refractivity contribution in [3.63, 3.8) is 0 Å². The van der Waals surface area contributed by atoms with Crippen LogP contribution in [-0.2, 0) is 13.1 Å². The number of fused-ring (bicyclic) bond motifs is 1. The molecule has 27 heavy (non-hydrogen) atoms. The Morgan fingerprint density at radius 3 is 2.44 bits per heavy atom. The largest absolute Gasteiger partial charge is 0.325 e. The third-order valence-electron chi connectivity index (χ3n) is 4.90. The van der Waals surface area contributed by atoms with Gasteiger partial charge in [-0.05, 0) is 25.1 Å². The van der Waals surface area contributed by atoms with Gasteiger partial charge in [0.25, 0.3) is 5.91 Å². The highest BCUT2D eigenvalue weighted by molar-refractivity contribution is 6.04. The predicted molar refractivity (Wildman–Crippen MR) is 108 cm³/mol. The molecule has 5 heteroatoms. The van der Waals surface area contributed by atoms with Gasteiger partial charge in [0.15, 0.2) is 5.69 Å². The van der Waals surface area contributed by atoms with E-state index in [1.54, 1.807) is 0 Å². The minimum Gasteiger partial charge on any atom is -0.325 e. The minimum absolute atomic E-state index is 0.148. The Kier molecular flexibility index (Phi) is 5.03. The van der Waals surface area contributed by atoms with Crippen LogP contribution in [0.15, 0.2) is 60.7 Å². The molecule has 2 heterocycles. The number of hydrogen-bond donors (Lipinski definition) is 1. The summed E-state index contributed by atoms with van der Waals surface area (Å²) in [7, 11) is 0. The number of imidazole rings is 1. The van der Waals surface area contributed by atoms with Crippen molar-refractivity contribution >= 4 is 11.6 Å². The van der Waals surface area contributed by atoms with Crippen LogP contribution in [0.4, 0.5) is 5.69 Å². The van der Waals surface area contributed by atoms with Gasteiger partial charge in [-0.1, -0.05) is 55.5 Å². The fraction of sp³-hybridized carbons (Fsp3) is 0.273. The first-order valence-electron chi connectivity index (χ1n) is 9.50. The average Bonchev–Trinajstić information content (AvgIpc) is 3.09. The summed E-state index contributed by atoms with van der Waals surface area (Å²) < 4.78 is 2.21. The van der Waals surface area contributed by atoms with E-state index in [1.807, 2.05) is 60.7 Å². The summed E-state index contributed by atoms with van der Waals surface area (Å²) >= 11 is 0. The van der Waals surface area contributed by atoms with Crippen molar-refractivity contribution in [1.29, 1.82) is 0 Å². The normalized spacial score (nSPS) is 14.0. The topological polar surface area (TPSA) is 50.2 Å². The van der Waals surface area contributed by atoms with E-state index in [0.29, 0.717) is 5.69 Å². The van der Waals surface area contributed by atoms with Crippen molar-refractivity contribution in [3.8, 4) is 11.4 Å². The van der Waals surface area contributed by atoms with E-state index in [9.17, 15) is 4.79 Å². The number of nitrogens with one attached hydrogen (secondary N) is 1. The summed E-state index contributed by atoms with van der Waals surface area (Å²) in [6, 6.07) is 19.6. The number of para-hydroxylation sites is 1. The number of carbonyl (C=O) groups is 1. The molecule has 4 rings (SSSR count). The molecule has 0 atom stereocenters. The molecule has 1 N–H and O–H groups in total. The van der Waals surface area contributed by atoms with Crippen LogP contribution in [0.5, 0.6) is 0 Å². The van der Waals surface area contributed by atoms with Gasteiger partial charge in [-0.2, -0.15) is 0 Å². The predicted octanol–water partition coefficient (Wildman–Crippen LogP) is 4.03. The first kappa shape index (κ1) is 17.5. The van der Waals surface area contributed by atoms with Crippen molar-refractivity contribution in [2.75, 3.05) is 18.4 Å². The van der Waals surface area contributed by atoms with Crippen LogP contribution in [0.2, 0.25) is 0 Å². The minimum atomic E-state index is -0.148. The SMILES string of the molecule is CCCN1CCn2c(-c3ccccc3)nc(C(=O)Nc3ccccc3)c2C1. The van der Waals surface area contributed by atoms with Crippen LogP contribution in [-0.4, -0.2) is 33.4 Å². The first-order valence-corrected chi connectivity index (χ1v) is 9.50. The van der Waals surface area contributed by atoms with Crippen molar-refractivity contribution < 1.29 is 4.79 Å². The summed E-state index contributed by atoms with van der Waals surface area (Å²) in [5.74, 6) is 0.727. The third-order valence-corrected chi connectivity index (χ3v) is 4.90. The van der Waals surface area contributed by atoms with Gasteiger partial charge in [0, 0.05) is 30.9 Å². The second kappa shape index (κ2) is 7.76. The maximum atomic E-state index is 13.0. The molecule has 0 bridgehead atoms. The smallest absolute Gasteiger partial charge is 0.276 e. The fourth-order valence-corrected chi connectivity index (χ4v) is 3.63. The van der Waals surface area contributed by atoms with E-state index in [4.69, 9.17) is 4.98 Å². The van der Waals surface area contributed by atoms with Crippen LogP contribution in [0.1, 0.15) is 29.5 Å². The fourth-order valence-electron chi connectivity index (χ4n) is 3.63. The second-order valence-electron chi connectivity index (χ2n) is 6.84. The van der Waals surface area contributed by atoms with Gasteiger partial charge < -0.3 is 9.88 Å². The first-order chi connectivity index (χ1) is 13.3. The Labute approximate surface area is 159 Å². The molecule has 0 saturated carbocycles. The summed E-state index contributed by atoms with van der Waals surface area (Å²) in [5, 5.41) is 2.99. The highest BCUT2D eigenvalue weighted by Crippen LogP contribution is 2.27. The molecule has 138 valence electrons. The van der Waals surface area contributed by atoms with E-state index in [2.05, 4.69) is 21.7 Å². The van der Waals surface area contributed by atoms with Crippen molar-refractivity contribution in [3.05, 3.63) is 72.1 Å². The quantitative estimate of drug-likeness (QED) is 0.747. The lowest BCUT2D eigenvalue weighted by Crippen LogP contribution is -2.35. The van der Waals surface area contributed by atoms with Gasteiger partial charge in [0.05, 0.1) is 5.69 Å². The molecule has 1 aliphatic heterocycles. The number of nitrogens with zero attached hydrogens (tertiary/aromatic N) is 3. The number of rotatable bonds is 5. The second-order valence-corrected chi connectivity index (χ2v) is 6.84. The molecule has 0 unspecified atom stereocenters. The lowest BCUT2D eigenvalue weighted by Gasteiger charge is -2.29. The number of anilines is 1. The molecule has 0 aliphatic carbocycles. The summed E-state index contributed by atoms with van der Waals surface area (Å²) in [4.78, 5) is 20.2. The van der Waals surface area contributed by atoms with Crippen LogP contribution in [0.3, 0.4) is 0 Å². The molecule has 1 aliphatic rings. The Balaban J connectivity index is 1.72. The molecule has 1 amide bonds. The molecule has 0 spiro atoms. The summed E-state index contributed by atoms with van der Waals surface area (Å²) in [5.41, 5.74) is 3.36. The van der Waals surface area contributed by atoms with E-state index < -0.39 is 0 Å². The summed E-state index contributed by atoms with van der Waals surface area (Å²) in [6.45, 7) is 5.81. The Bertz CT molecular complexity index is 918. The molecule has 3 aromatic rings. The Morgan fingerprint density at radius 2 is 1.74 bits per heavy atom. The zero-order valence-corrected chi connectivity index (χ0v) is 15.6. The lowest BCUT2D eigenvalue weighted by molar-refractivity contribution is 0.101. The Hall–Kier alpha value is -2.92. The van der Waals surface area contributed by atoms with E-state index in [-0.39, 0.29) is 5.91 Å². The van der Waals surface area contributed by atoms with Gasteiger partial charge >= 0.3 is 0 Å². The molecule has 0 saturated heterocycles. The number of benzene rings is 2. The van der Waals surface area contributed by atoms with E-state index >= 15 is 0 Å². The lowest BCUT2D eigenvalue weighted by atomic mass is 10.2. The Morgan fingerprint density at radius 1 is 1.04 bits per heavy atom. The molecular formula is C22H24N4O. The van der Waals surface area contributed by atoms with Gasteiger partial charge in [0.2, 0.25) is 0 Å². The highest BCUT2D eigenvalue weighted by atomic mass is 16.1. The number of carbonyl (C=O) groups excluding carboxylic acids is 1. The van der Waals surface area contributed by atoms with Crippen LogP contribution in [0.25, 0.3) is 11.4 Å². The van der Waals surface area contributed by atoms with Gasteiger partial charge in [0.1, 0.15) is 5.82 Å². The van der Waals surface area contributed by atoms with Crippen molar-refractivity contribution in [2.24, 2.45) is 0 Å². The van der Waals surface area contributed by atoms with Crippen molar-refractivity contribution in [2.45, 2.75) is 26.4 Å². The maximum Gasteiger partial charge on any atom is 0.276 e. The molecule has 0 radical (unpaired) electrons. The van der Waals surface area contributed by atoms with Crippen LogP contribution in [0, 0.1) is 0 Å². The number of amides is 1. The highest BCUT2D eigenvalue weighted by Gasteiger charge is 2.27. The summed E-state index contributed by atoms with van der Waals surface area (Å²) in [6.07, 6.45) is 1.10. The molecule has 2 aromatic carbocycles. The van der Waals surface area contributed by atoms with E-state index in [0.717, 1.165) is 55.4 Å². The zero-order valence-electron chi connectivity index (χ0n) is 15.6. The zero-order chi connectivity index (χ0) is 18.6.